The van der Waals surface area contributed by atoms with Crippen molar-refractivity contribution < 1.29 is 13.2 Å². The molecule has 29 heavy (non-hydrogen) atoms. The van der Waals surface area contributed by atoms with E-state index in [1.165, 1.54) is 23.9 Å². The van der Waals surface area contributed by atoms with E-state index < -0.39 is 10.0 Å². The maximum atomic E-state index is 12.7. The first-order valence-corrected chi connectivity index (χ1v) is 11.4. The summed E-state index contributed by atoms with van der Waals surface area (Å²) in [6.07, 6.45) is 4.97. The van der Waals surface area contributed by atoms with Gasteiger partial charge in [-0.15, -0.1) is 0 Å². The third-order valence-electron chi connectivity index (χ3n) is 4.62. The van der Waals surface area contributed by atoms with Gasteiger partial charge < -0.3 is 9.47 Å². The molecular formula is C20H20N4O3S2. The zero-order valence-corrected chi connectivity index (χ0v) is 17.4. The number of nitrogens with zero attached hydrogens (tertiary/aromatic N) is 3. The van der Waals surface area contributed by atoms with Crippen LogP contribution in [0.1, 0.15) is 12.8 Å². The second-order valence-corrected chi connectivity index (χ2v) is 9.42. The molecule has 1 aromatic heterocycles. The molecule has 0 bridgehead atoms. The van der Waals surface area contributed by atoms with E-state index in [2.05, 4.69) is 9.71 Å². The minimum absolute atomic E-state index is 0.0715. The summed E-state index contributed by atoms with van der Waals surface area (Å²) in [7, 11) is -1.79. The fourth-order valence-corrected chi connectivity index (χ4v) is 4.95. The molecule has 1 N–H and O–H groups in total. The van der Waals surface area contributed by atoms with E-state index in [1.54, 1.807) is 35.4 Å². The summed E-state index contributed by atoms with van der Waals surface area (Å²) in [5.74, 6) is 0.0715. The number of anilines is 2. The molecule has 3 aromatic rings. The summed E-state index contributed by atoms with van der Waals surface area (Å²) in [4.78, 5) is 18.9. The smallest absolute Gasteiger partial charge is 0.261 e. The zero-order valence-electron chi connectivity index (χ0n) is 15.8. The molecule has 0 radical (unpaired) electrons. The number of aromatic nitrogens is 2. The van der Waals surface area contributed by atoms with E-state index in [0.717, 1.165) is 22.2 Å². The van der Waals surface area contributed by atoms with Gasteiger partial charge in [0.1, 0.15) is 0 Å². The zero-order chi connectivity index (χ0) is 20.4. The molecule has 0 atom stereocenters. The van der Waals surface area contributed by atoms with Crippen molar-refractivity contribution in [3.8, 4) is 0 Å². The number of carbonyl (C=O) groups is 1. The average Bonchev–Trinajstić information content (AvgIpc) is 3.31. The van der Waals surface area contributed by atoms with Crippen molar-refractivity contribution in [1.82, 2.24) is 9.55 Å². The number of hydrogen-bond acceptors (Lipinski definition) is 5. The molecular weight excluding hydrogens is 408 g/mol. The molecule has 1 aliphatic heterocycles. The van der Waals surface area contributed by atoms with Gasteiger partial charge in [-0.05, 0) is 55.0 Å². The van der Waals surface area contributed by atoms with Gasteiger partial charge in [-0.3, -0.25) is 9.52 Å². The van der Waals surface area contributed by atoms with Crippen molar-refractivity contribution >= 4 is 39.1 Å². The minimum Gasteiger partial charge on any atom is -0.329 e. The molecule has 1 aliphatic rings. The van der Waals surface area contributed by atoms with Crippen LogP contribution in [0.2, 0.25) is 0 Å². The minimum atomic E-state index is -3.71. The third kappa shape index (κ3) is 4.30. The van der Waals surface area contributed by atoms with Gasteiger partial charge >= 0.3 is 0 Å². The molecule has 2 aromatic carbocycles. The first-order chi connectivity index (χ1) is 13.9. The molecule has 4 rings (SSSR count). The molecule has 1 fully saturated rings. The van der Waals surface area contributed by atoms with E-state index in [0.29, 0.717) is 18.7 Å². The van der Waals surface area contributed by atoms with E-state index in [4.69, 9.17) is 0 Å². The Kier molecular flexibility index (Phi) is 5.33. The molecule has 1 saturated heterocycles. The van der Waals surface area contributed by atoms with Crippen molar-refractivity contribution in [3.05, 3.63) is 60.9 Å². The molecule has 1 amide bonds. The Morgan fingerprint density at radius 1 is 1.07 bits per heavy atom. The summed E-state index contributed by atoms with van der Waals surface area (Å²) >= 11 is 1.50. The Morgan fingerprint density at radius 3 is 2.38 bits per heavy atom. The number of imidazole rings is 1. The quantitative estimate of drug-likeness (QED) is 0.650. The lowest BCUT2D eigenvalue weighted by Crippen LogP contribution is -2.23. The Hall–Kier alpha value is -2.78. The topological polar surface area (TPSA) is 84.3 Å². The first-order valence-electron chi connectivity index (χ1n) is 9.11. The second kappa shape index (κ2) is 7.92. The molecule has 0 unspecified atom stereocenters. The van der Waals surface area contributed by atoms with Crippen LogP contribution in [-0.4, -0.2) is 30.4 Å². The van der Waals surface area contributed by atoms with Gasteiger partial charge in [0.15, 0.2) is 5.16 Å². The fraction of sp³-hybridized carbons (Fsp3) is 0.200. The predicted octanol–water partition coefficient (Wildman–Crippen LogP) is 3.50. The van der Waals surface area contributed by atoms with E-state index >= 15 is 0 Å². The lowest BCUT2D eigenvalue weighted by molar-refractivity contribution is -0.117. The third-order valence-corrected chi connectivity index (χ3v) is 7.11. The normalized spacial score (nSPS) is 14.4. The summed E-state index contributed by atoms with van der Waals surface area (Å²) in [5.41, 5.74) is 1.20. The highest BCUT2D eigenvalue weighted by Crippen LogP contribution is 2.28. The van der Waals surface area contributed by atoms with Gasteiger partial charge in [-0.25, -0.2) is 13.4 Å². The van der Waals surface area contributed by atoms with Crippen molar-refractivity contribution in [2.75, 3.05) is 16.2 Å². The lowest BCUT2D eigenvalue weighted by Gasteiger charge is -2.16. The van der Waals surface area contributed by atoms with Crippen molar-refractivity contribution in [2.24, 2.45) is 7.05 Å². The second-order valence-electron chi connectivity index (χ2n) is 6.70. The van der Waals surface area contributed by atoms with Gasteiger partial charge in [0, 0.05) is 48.7 Å². The standard InChI is InChI=1S/C20H20N4O3S2/c1-23-14-12-21-20(23)28-17-8-4-15(5-9-17)22-29(26,27)18-10-6-16(7-11-18)24-13-2-3-19(24)25/h4-12,14,22H,2-3,13H2,1H3. The highest BCUT2D eigenvalue weighted by molar-refractivity contribution is 7.99. The predicted molar refractivity (Wildman–Crippen MR) is 113 cm³/mol. The van der Waals surface area contributed by atoms with Crippen LogP contribution in [0.4, 0.5) is 11.4 Å². The maximum absolute atomic E-state index is 12.7. The van der Waals surface area contributed by atoms with E-state index in [-0.39, 0.29) is 10.8 Å². The number of hydrogen-bond donors (Lipinski definition) is 1. The number of amides is 1. The molecule has 0 saturated carbocycles. The average molecular weight is 429 g/mol. The summed E-state index contributed by atoms with van der Waals surface area (Å²) < 4.78 is 29.9. The van der Waals surface area contributed by atoms with Gasteiger partial charge in [-0.2, -0.15) is 0 Å². The Balaban J connectivity index is 1.45. The number of benzene rings is 2. The van der Waals surface area contributed by atoms with Crippen molar-refractivity contribution in [2.45, 2.75) is 27.8 Å². The number of rotatable bonds is 6. The Labute approximate surface area is 173 Å². The molecule has 0 spiro atoms. The number of aryl methyl sites for hydroxylation is 1. The van der Waals surface area contributed by atoms with Crippen molar-refractivity contribution in [1.29, 1.82) is 0 Å². The molecule has 2 heterocycles. The van der Waals surface area contributed by atoms with Crippen LogP contribution in [-0.2, 0) is 21.9 Å². The summed E-state index contributed by atoms with van der Waals surface area (Å²) in [5, 5.41) is 0.856. The molecule has 9 heteroatoms. The molecule has 150 valence electrons. The van der Waals surface area contributed by atoms with Gasteiger partial charge in [0.25, 0.3) is 10.0 Å². The monoisotopic (exact) mass is 428 g/mol. The van der Waals surface area contributed by atoms with Gasteiger partial charge in [0.2, 0.25) is 5.91 Å². The summed E-state index contributed by atoms with van der Waals surface area (Å²) in [6, 6.07) is 13.5. The fourth-order valence-electron chi connectivity index (χ4n) is 3.09. The van der Waals surface area contributed by atoms with Crippen LogP contribution in [0.5, 0.6) is 0 Å². The molecule has 7 nitrogen and oxygen atoms in total. The van der Waals surface area contributed by atoms with Crippen molar-refractivity contribution in [3.63, 3.8) is 0 Å². The van der Waals surface area contributed by atoms with Crippen LogP contribution < -0.4 is 9.62 Å². The SMILES string of the molecule is Cn1ccnc1Sc1ccc(NS(=O)(=O)c2ccc(N3CCCC3=O)cc2)cc1. The first kappa shape index (κ1) is 19.5. The van der Waals surface area contributed by atoms with E-state index in [1.807, 2.05) is 29.9 Å². The number of carbonyl (C=O) groups excluding carboxylic acids is 1. The van der Waals surface area contributed by atoms with E-state index in [9.17, 15) is 13.2 Å². The van der Waals surface area contributed by atoms with Crippen LogP contribution in [0.25, 0.3) is 0 Å². The number of sulfonamides is 1. The van der Waals surface area contributed by atoms with Crippen LogP contribution in [0.3, 0.4) is 0 Å². The maximum Gasteiger partial charge on any atom is 0.261 e. The lowest BCUT2D eigenvalue weighted by atomic mass is 10.3. The Morgan fingerprint density at radius 2 is 1.79 bits per heavy atom. The number of nitrogens with one attached hydrogen (secondary N) is 1. The van der Waals surface area contributed by atoms with Crippen LogP contribution in [0, 0.1) is 0 Å². The Bertz CT molecular complexity index is 1120. The summed E-state index contributed by atoms with van der Waals surface area (Å²) in [6.45, 7) is 0.672. The van der Waals surface area contributed by atoms with Gasteiger partial charge in [-0.1, -0.05) is 11.8 Å². The van der Waals surface area contributed by atoms with Gasteiger partial charge in [0.05, 0.1) is 4.90 Å². The highest BCUT2D eigenvalue weighted by Gasteiger charge is 2.22. The van der Waals surface area contributed by atoms with Crippen LogP contribution in [0.15, 0.2) is 75.9 Å². The highest BCUT2D eigenvalue weighted by atomic mass is 32.2. The largest absolute Gasteiger partial charge is 0.329 e. The van der Waals surface area contributed by atoms with Crippen LogP contribution >= 0.6 is 11.8 Å². The molecule has 0 aliphatic carbocycles.